The van der Waals surface area contributed by atoms with Gasteiger partial charge in [-0.05, 0) is 18.3 Å². The molecule has 0 aromatic heterocycles. The van der Waals surface area contributed by atoms with Crippen molar-refractivity contribution >= 4 is 18.9 Å². The van der Waals surface area contributed by atoms with E-state index in [1.165, 1.54) is 12.8 Å². The van der Waals surface area contributed by atoms with E-state index < -0.39 is 0 Å². The molecular weight excluding hydrogens is 132 g/mol. The standard InChI is InChI=1S/C7H12OS/c1-6(9)7(2-3-7)4-5-8/h5-6,9H,2-4H2,1H3. The minimum absolute atomic E-state index is 0.296. The fraction of sp³-hybridized carbons (Fsp3) is 0.857. The second-order valence-corrected chi connectivity index (χ2v) is 3.68. The largest absolute Gasteiger partial charge is 0.303 e. The molecule has 0 saturated heterocycles. The third kappa shape index (κ3) is 1.29. The maximum atomic E-state index is 10.1. The maximum absolute atomic E-state index is 10.1. The van der Waals surface area contributed by atoms with Gasteiger partial charge in [-0.15, -0.1) is 0 Å². The Morgan fingerprint density at radius 1 is 1.78 bits per heavy atom. The second-order valence-electron chi connectivity index (χ2n) is 2.91. The van der Waals surface area contributed by atoms with Crippen molar-refractivity contribution in [2.45, 2.75) is 31.4 Å². The number of thiol groups is 1. The highest BCUT2D eigenvalue weighted by Crippen LogP contribution is 2.52. The van der Waals surface area contributed by atoms with E-state index in [1.54, 1.807) is 0 Å². The van der Waals surface area contributed by atoms with Crippen molar-refractivity contribution < 1.29 is 4.79 Å². The third-order valence-electron chi connectivity index (χ3n) is 2.27. The van der Waals surface area contributed by atoms with E-state index in [0.717, 1.165) is 6.29 Å². The van der Waals surface area contributed by atoms with Crippen LogP contribution in [0.3, 0.4) is 0 Å². The molecule has 0 aromatic carbocycles. The van der Waals surface area contributed by atoms with Gasteiger partial charge in [-0.25, -0.2) is 0 Å². The van der Waals surface area contributed by atoms with Crippen LogP contribution in [0.25, 0.3) is 0 Å². The van der Waals surface area contributed by atoms with Crippen LogP contribution in [0.5, 0.6) is 0 Å². The van der Waals surface area contributed by atoms with Crippen LogP contribution >= 0.6 is 12.6 Å². The summed E-state index contributed by atoms with van der Waals surface area (Å²) in [5.41, 5.74) is 0.296. The summed E-state index contributed by atoms with van der Waals surface area (Å²) >= 11 is 4.32. The van der Waals surface area contributed by atoms with Crippen LogP contribution in [0, 0.1) is 5.41 Å². The van der Waals surface area contributed by atoms with Crippen molar-refractivity contribution in [3.8, 4) is 0 Å². The average molecular weight is 144 g/mol. The van der Waals surface area contributed by atoms with Crippen LogP contribution in [0.4, 0.5) is 0 Å². The zero-order valence-corrected chi connectivity index (χ0v) is 6.53. The molecule has 0 amide bonds. The molecule has 1 saturated carbocycles. The first-order valence-corrected chi connectivity index (χ1v) is 3.85. The van der Waals surface area contributed by atoms with Crippen LogP contribution in [-0.4, -0.2) is 11.5 Å². The summed E-state index contributed by atoms with van der Waals surface area (Å²) in [5.74, 6) is 0. The van der Waals surface area contributed by atoms with Crippen molar-refractivity contribution in [3.05, 3.63) is 0 Å². The Hall–Kier alpha value is 0.0200. The molecule has 1 aliphatic carbocycles. The van der Waals surface area contributed by atoms with Gasteiger partial charge in [0.1, 0.15) is 6.29 Å². The van der Waals surface area contributed by atoms with Gasteiger partial charge >= 0.3 is 0 Å². The molecule has 2 heteroatoms. The van der Waals surface area contributed by atoms with Gasteiger partial charge in [-0.3, -0.25) is 0 Å². The Bertz CT molecular complexity index is 116. The van der Waals surface area contributed by atoms with E-state index >= 15 is 0 Å². The van der Waals surface area contributed by atoms with Crippen LogP contribution in [0.1, 0.15) is 26.2 Å². The molecule has 1 atom stereocenters. The molecule has 1 aliphatic rings. The Labute approximate surface area is 61.2 Å². The number of hydrogen-bond acceptors (Lipinski definition) is 2. The SMILES string of the molecule is CC(S)C1(CC=O)CC1. The third-order valence-corrected chi connectivity index (χ3v) is 2.82. The maximum Gasteiger partial charge on any atom is 0.120 e. The highest BCUT2D eigenvalue weighted by Gasteiger charge is 2.45. The van der Waals surface area contributed by atoms with E-state index in [9.17, 15) is 4.79 Å². The van der Waals surface area contributed by atoms with Gasteiger partial charge in [0.25, 0.3) is 0 Å². The molecule has 0 aromatic rings. The molecule has 9 heavy (non-hydrogen) atoms. The molecule has 1 rings (SSSR count). The topological polar surface area (TPSA) is 17.1 Å². The van der Waals surface area contributed by atoms with Crippen molar-refractivity contribution in [2.24, 2.45) is 5.41 Å². The van der Waals surface area contributed by atoms with Gasteiger partial charge in [0.05, 0.1) is 0 Å². The molecule has 0 N–H and O–H groups in total. The first-order chi connectivity index (χ1) is 4.21. The number of rotatable bonds is 3. The zero-order valence-electron chi connectivity index (χ0n) is 5.63. The van der Waals surface area contributed by atoms with Crippen LogP contribution in [-0.2, 0) is 4.79 Å². The van der Waals surface area contributed by atoms with Crippen molar-refractivity contribution in [2.75, 3.05) is 0 Å². The number of carbonyl (C=O) groups is 1. The lowest BCUT2D eigenvalue weighted by atomic mass is 10.00. The summed E-state index contributed by atoms with van der Waals surface area (Å²) in [4.78, 5) is 10.1. The quantitative estimate of drug-likeness (QED) is 0.471. The number of hydrogen-bond donors (Lipinski definition) is 1. The van der Waals surface area contributed by atoms with Crippen molar-refractivity contribution in [3.63, 3.8) is 0 Å². The fourth-order valence-corrected chi connectivity index (χ4v) is 1.48. The Morgan fingerprint density at radius 3 is 2.44 bits per heavy atom. The van der Waals surface area contributed by atoms with Gasteiger partial charge in [0, 0.05) is 11.7 Å². The first kappa shape index (κ1) is 7.13. The molecule has 0 aliphatic heterocycles. The van der Waals surface area contributed by atoms with Crippen molar-refractivity contribution in [1.29, 1.82) is 0 Å². The summed E-state index contributed by atoms with van der Waals surface area (Å²) in [7, 11) is 0. The summed E-state index contributed by atoms with van der Waals surface area (Å²) in [6, 6.07) is 0. The molecule has 1 nitrogen and oxygen atoms in total. The minimum Gasteiger partial charge on any atom is -0.303 e. The number of carbonyl (C=O) groups excluding carboxylic acids is 1. The molecular formula is C7H12OS. The molecule has 1 fully saturated rings. The average Bonchev–Trinajstić information content (AvgIpc) is 2.49. The summed E-state index contributed by atoms with van der Waals surface area (Å²) in [6.07, 6.45) is 4.10. The smallest absolute Gasteiger partial charge is 0.120 e. The monoisotopic (exact) mass is 144 g/mol. The summed E-state index contributed by atoms with van der Waals surface area (Å²) < 4.78 is 0. The zero-order chi connectivity index (χ0) is 6.91. The van der Waals surface area contributed by atoms with E-state index in [-0.39, 0.29) is 0 Å². The lowest BCUT2D eigenvalue weighted by Gasteiger charge is -2.14. The van der Waals surface area contributed by atoms with E-state index in [2.05, 4.69) is 19.6 Å². The first-order valence-electron chi connectivity index (χ1n) is 3.33. The van der Waals surface area contributed by atoms with E-state index in [0.29, 0.717) is 17.1 Å². The van der Waals surface area contributed by atoms with Gasteiger partial charge in [-0.2, -0.15) is 12.6 Å². The van der Waals surface area contributed by atoms with E-state index in [1.807, 2.05) is 0 Å². The molecule has 1 unspecified atom stereocenters. The summed E-state index contributed by atoms with van der Waals surface area (Å²) in [5, 5.41) is 0.391. The molecule has 0 radical (unpaired) electrons. The van der Waals surface area contributed by atoms with Crippen LogP contribution < -0.4 is 0 Å². The Balaban J connectivity index is 2.42. The highest BCUT2D eigenvalue weighted by molar-refractivity contribution is 7.81. The molecule has 0 spiro atoms. The lowest BCUT2D eigenvalue weighted by molar-refractivity contribution is -0.108. The van der Waals surface area contributed by atoms with Gasteiger partial charge in [-0.1, -0.05) is 6.92 Å². The van der Waals surface area contributed by atoms with Crippen molar-refractivity contribution in [1.82, 2.24) is 0 Å². The van der Waals surface area contributed by atoms with Gasteiger partial charge < -0.3 is 4.79 Å². The fourth-order valence-electron chi connectivity index (χ4n) is 1.12. The van der Waals surface area contributed by atoms with Crippen LogP contribution in [0.2, 0.25) is 0 Å². The Morgan fingerprint density at radius 2 is 2.33 bits per heavy atom. The second kappa shape index (κ2) is 2.33. The lowest BCUT2D eigenvalue weighted by Crippen LogP contribution is -2.12. The predicted molar refractivity (Wildman–Crippen MR) is 40.8 cm³/mol. The minimum atomic E-state index is 0.296. The van der Waals surface area contributed by atoms with Crippen LogP contribution in [0.15, 0.2) is 0 Å². The number of aldehydes is 1. The predicted octanol–water partition coefficient (Wildman–Crippen LogP) is 1.67. The van der Waals surface area contributed by atoms with Gasteiger partial charge in [0.2, 0.25) is 0 Å². The summed E-state index contributed by atoms with van der Waals surface area (Å²) in [6.45, 7) is 2.07. The van der Waals surface area contributed by atoms with Gasteiger partial charge in [0.15, 0.2) is 0 Å². The highest BCUT2D eigenvalue weighted by atomic mass is 32.1. The normalized spacial score (nSPS) is 25.1. The molecule has 0 heterocycles. The van der Waals surface area contributed by atoms with E-state index in [4.69, 9.17) is 0 Å². The molecule has 52 valence electrons. The molecule has 0 bridgehead atoms. The Kier molecular flexibility index (Phi) is 1.85.